The number of benzene rings is 2. The summed E-state index contributed by atoms with van der Waals surface area (Å²) in [6, 6.07) is 11.0. The Balaban J connectivity index is 1.78. The van der Waals surface area contributed by atoms with Crippen molar-refractivity contribution in [2.24, 2.45) is 0 Å². The van der Waals surface area contributed by atoms with E-state index in [0.29, 0.717) is 30.3 Å². The number of amides is 2. The Hall–Kier alpha value is -3.13. The number of rotatable bonds is 10. The van der Waals surface area contributed by atoms with E-state index in [4.69, 9.17) is 9.47 Å². The largest absolute Gasteiger partial charge is 0.493 e. The predicted molar refractivity (Wildman–Crippen MR) is 109 cm³/mol. The maximum atomic E-state index is 12.9. The van der Waals surface area contributed by atoms with Crippen molar-refractivity contribution in [3.63, 3.8) is 0 Å². The molecule has 0 aliphatic heterocycles. The molecule has 7 nitrogen and oxygen atoms in total. The van der Waals surface area contributed by atoms with E-state index in [0.717, 1.165) is 5.56 Å². The molecule has 156 valence electrons. The molecule has 2 aromatic carbocycles. The van der Waals surface area contributed by atoms with Crippen LogP contribution in [0.5, 0.6) is 11.5 Å². The molecule has 2 rings (SSSR count). The lowest BCUT2D eigenvalue weighted by Crippen LogP contribution is -2.39. The summed E-state index contributed by atoms with van der Waals surface area (Å²) in [4.78, 5) is 25.8. The molecule has 0 radical (unpaired) electrons. The third kappa shape index (κ3) is 7.42. The molecule has 0 aliphatic carbocycles. The van der Waals surface area contributed by atoms with Gasteiger partial charge < -0.3 is 20.1 Å². The number of nitrogens with zero attached hydrogens (tertiary/aromatic N) is 1. The van der Waals surface area contributed by atoms with Crippen LogP contribution in [0.15, 0.2) is 42.5 Å². The highest BCUT2D eigenvalue weighted by molar-refractivity contribution is 5.94. The molecule has 0 fully saturated rings. The molecule has 29 heavy (non-hydrogen) atoms. The molecule has 0 atom stereocenters. The molecule has 0 spiro atoms. The van der Waals surface area contributed by atoms with Crippen LogP contribution in [0.25, 0.3) is 0 Å². The molecule has 8 heteroatoms. The van der Waals surface area contributed by atoms with E-state index >= 15 is 0 Å². The highest BCUT2D eigenvalue weighted by Crippen LogP contribution is 2.28. The summed E-state index contributed by atoms with van der Waals surface area (Å²) in [7, 11) is 3.39. The summed E-state index contributed by atoms with van der Waals surface area (Å²) in [5.41, 5.74) is 1.43. The Morgan fingerprint density at radius 3 is 2.45 bits per heavy atom. The van der Waals surface area contributed by atoms with Gasteiger partial charge in [-0.25, -0.2) is 4.39 Å². The van der Waals surface area contributed by atoms with Crippen molar-refractivity contribution >= 4 is 17.5 Å². The fourth-order valence-electron chi connectivity index (χ4n) is 2.67. The Morgan fingerprint density at radius 1 is 1.07 bits per heavy atom. The SMILES string of the molecule is CCOc1ccc(CN(C)CC(=O)NCC(=O)Nc2ccc(F)cc2)cc1OC. The first kappa shape index (κ1) is 22.2. The highest BCUT2D eigenvalue weighted by Gasteiger charge is 2.11. The zero-order chi connectivity index (χ0) is 21.2. The van der Waals surface area contributed by atoms with Crippen LogP contribution >= 0.6 is 0 Å². The van der Waals surface area contributed by atoms with Gasteiger partial charge in [-0.1, -0.05) is 6.07 Å². The van der Waals surface area contributed by atoms with Gasteiger partial charge in [0.25, 0.3) is 0 Å². The second-order valence-corrected chi connectivity index (χ2v) is 6.42. The van der Waals surface area contributed by atoms with Crippen molar-refractivity contribution in [2.45, 2.75) is 13.5 Å². The van der Waals surface area contributed by atoms with Crippen LogP contribution in [0, 0.1) is 5.82 Å². The summed E-state index contributed by atoms with van der Waals surface area (Å²) < 4.78 is 23.7. The first-order valence-corrected chi connectivity index (χ1v) is 9.21. The third-order valence-electron chi connectivity index (χ3n) is 3.97. The van der Waals surface area contributed by atoms with Crippen LogP contribution in [0.3, 0.4) is 0 Å². The molecule has 2 N–H and O–H groups in total. The highest BCUT2D eigenvalue weighted by atomic mass is 19.1. The van der Waals surface area contributed by atoms with Gasteiger partial charge in [0.2, 0.25) is 11.8 Å². The Bertz CT molecular complexity index is 827. The summed E-state index contributed by atoms with van der Waals surface area (Å²) in [5, 5.41) is 5.15. The van der Waals surface area contributed by atoms with Gasteiger partial charge in [0.15, 0.2) is 11.5 Å². The number of hydrogen-bond acceptors (Lipinski definition) is 5. The standard InChI is InChI=1S/C21H26FN3O4/c1-4-29-18-10-5-15(11-19(18)28-3)13-25(2)14-21(27)23-12-20(26)24-17-8-6-16(22)7-9-17/h5-11H,4,12-14H2,1-3H3,(H,23,27)(H,24,26). The van der Waals surface area contributed by atoms with Crippen molar-refractivity contribution in [1.82, 2.24) is 10.2 Å². The number of methoxy groups -OCH3 is 1. The molecular formula is C21H26FN3O4. The Kier molecular flexibility index (Phi) is 8.42. The number of carbonyl (C=O) groups excluding carboxylic acids is 2. The topological polar surface area (TPSA) is 79.9 Å². The van der Waals surface area contributed by atoms with E-state index in [1.807, 2.05) is 30.0 Å². The van der Waals surface area contributed by atoms with Gasteiger partial charge in [-0.05, 0) is 55.9 Å². The van der Waals surface area contributed by atoms with Gasteiger partial charge in [0.05, 0.1) is 26.8 Å². The zero-order valence-electron chi connectivity index (χ0n) is 16.8. The van der Waals surface area contributed by atoms with Crippen molar-refractivity contribution in [1.29, 1.82) is 0 Å². The fourth-order valence-corrected chi connectivity index (χ4v) is 2.67. The van der Waals surface area contributed by atoms with Crippen molar-refractivity contribution < 1.29 is 23.5 Å². The summed E-state index contributed by atoms with van der Waals surface area (Å²) in [6.45, 7) is 2.93. The van der Waals surface area contributed by atoms with Crippen LogP contribution < -0.4 is 20.1 Å². The summed E-state index contributed by atoms with van der Waals surface area (Å²) in [6.07, 6.45) is 0. The van der Waals surface area contributed by atoms with E-state index in [2.05, 4.69) is 10.6 Å². The Labute approximate surface area is 169 Å². The van der Waals surface area contributed by atoms with Crippen LogP contribution in [0.1, 0.15) is 12.5 Å². The normalized spacial score (nSPS) is 10.5. The van der Waals surface area contributed by atoms with Crippen LogP contribution in [-0.4, -0.2) is 50.6 Å². The molecule has 0 heterocycles. The lowest BCUT2D eigenvalue weighted by atomic mass is 10.2. The van der Waals surface area contributed by atoms with Crippen LogP contribution in [-0.2, 0) is 16.1 Å². The van der Waals surface area contributed by atoms with Gasteiger partial charge in [0, 0.05) is 12.2 Å². The van der Waals surface area contributed by atoms with Crippen molar-refractivity contribution in [3.05, 3.63) is 53.8 Å². The molecule has 2 aromatic rings. The average Bonchev–Trinajstić information content (AvgIpc) is 2.69. The van der Waals surface area contributed by atoms with Gasteiger partial charge in [-0.3, -0.25) is 14.5 Å². The second-order valence-electron chi connectivity index (χ2n) is 6.42. The van der Waals surface area contributed by atoms with Crippen LogP contribution in [0.4, 0.5) is 10.1 Å². The number of carbonyl (C=O) groups is 2. The Morgan fingerprint density at radius 2 is 1.79 bits per heavy atom. The van der Waals surface area contributed by atoms with Crippen molar-refractivity contribution in [2.75, 3.05) is 39.2 Å². The minimum absolute atomic E-state index is 0.124. The zero-order valence-corrected chi connectivity index (χ0v) is 16.8. The minimum atomic E-state index is -0.385. The van der Waals surface area contributed by atoms with E-state index < -0.39 is 0 Å². The summed E-state index contributed by atoms with van der Waals surface area (Å²) >= 11 is 0. The monoisotopic (exact) mass is 403 g/mol. The number of ether oxygens (including phenoxy) is 2. The van der Waals surface area contributed by atoms with Crippen LogP contribution in [0.2, 0.25) is 0 Å². The first-order valence-electron chi connectivity index (χ1n) is 9.21. The number of halogens is 1. The molecule has 0 bridgehead atoms. The number of nitrogens with one attached hydrogen (secondary N) is 2. The first-order chi connectivity index (χ1) is 13.9. The smallest absolute Gasteiger partial charge is 0.243 e. The van der Waals surface area contributed by atoms with E-state index in [9.17, 15) is 14.0 Å². The molecule has 0 unspecified atom stereocenters. The van der Waals surface area contributed by atoms with Gasteiger partial charge in [-0.2, -0.15) is 0 Å². The maximum absolute atomic E-state index is 12.9. The van der Waals surface area contributed by atoms with E-state index in [1.165, 1.54) is 24.3 Å². The van der Waals surface area contributed by atoms with Gasteiger partial charge in [0.1, 0.15) is 5.82 Å². The van der Waals surface area contributed by atoms with E-state index in [-0.39, 0.29) is 30.7 Å². The quantitative estimate of drug-likeness (QED) is 0.637. The molecular weight excluding hydrogens is 377 g/mol. The van der Waals surface area contributed by atoms with Gasteiger partial charge >= 0.3 is 0 Å². The number of hydrogen-bond donors (Lipinski definition) is 2. The summed E-state index contributed by atoms with van der Waals surface area (Å²) in [5.74, 6) is 0.263. The molecule has 0 saturated carbocycles. The number of likely N-dealkylation sites (N-methyl/N-ethyl adjacent to an activating group) is 1. The third-order valence-corrected chi connectivity index (χ3v) is 3.97. The van der Waals surface area contributed by atoms with Crippen molar-refractivity contribution in [3.8, 4) is 11.5 Å². The molecule has 0 saturated heterocycles. The molecule has 0 aromatic heterocycles. The van der Waals surface area contributed by atoms with E-state index in [1.54, 1.807) is 14.2 Å². The lowest BCUT2D eigenvalue weighted by Gasteiger charge is -2.17. The second kappa shape index (κ2) is 11.0. The lowest BCUT2D eigenvalue weighted by molar-refractivity contribution is -0.124. The average molecular weight is 403 g/mol. The molecule has 0 aliphatic rings. The number of anilines is 1. The van der Waals surface area contributed by atoms with Gasteiger partial charge in [-0.15, -0.1) is 0 Å². The maximum Gasteiger partial charge on any atom is 0.243 e. The molecule has 2 amide bonds. The fraction of sp³-hybridized carbons (Fsp3) is 0.333. The predicted octanol–water partition coefficient (Wildman–Crippen LogP) is 2.42. The minimum Gasteiger partial charge on any atom is -0.493 e.